The summed E-state index contributed by atoms with van der Waals surface area (Å²) in [6, 6.07) is 8.01. The summed E-state index contributed by atoms with van der Waals surface area (Å²) in [6.07, 6.45) is 1.27. The molecule has 9 heteroatoms. The van der Waals surface area contributed by atoms with Crippen molar-refractivity contribution < 1.29 is 19.1 Å². The fourth-order valence-corrected chi connectivity index (χ4v) is 4.05. The molecule has 2 atom stereocenters. The first-order valence-corrected chi connectivity index (χ1v) is 10.4. The zero-order valence-corrected chi connectivity index (χ0v) is 18.2. The number of aliphatic imine (C=N–C) groups is 1. The summed E-state index contributed by atoms with van der Waals surface area (Å²) in [5, 5.41) is 0. The maximum absolute atomic E-state index is 13.3. The quantitative estimate of drug-likeness (QED) is 0.647. The van der Waals surface area contributed by atoms with Crippen LogP contribution in [-0.2, 0) is 20.9 Å². The van der Waals surface area contributed by atoms with Crippen LogP contribution in [0.1, 0.15) is 26.3 Å². The van der Waals surface area contributed by atoms with Crippen LogP contribution in [-0.4, -0.2) is 75.8 Å². The zero-order valence-electron chi connectivity index (χ0n) is 18.2. The Morgan fingerprint density at radius 1 is 1.16 bits per heavy atom. The van der Waals surface area contributed by atoms with Gasteiger partial charge in [0.1, 0.15) is 13.2 Å². The molecule has 164 valence electrons. The van der Waals surface area contributed by atoms with E-state index < -0.39 is 36.7 Å². The van der Waals surface area contributed by atoms with E-state index in [1.54, 1.807) is 7.05 Å². The summed E-state index contributed by atoms with van der Waals surface area (Å²) < 4.78 is 5.27. The van der Waals surface area contributed by atoms with Gasteiger partial charge in [0.15, 0.2) is 12.2 Å². The Bertz CT molecular complexity index is 958. The molecule has 3 aliphatic heterocycles. The van der Waals surface area contributed by atoms with E-state index in [9.17, 15) is 14.4 Å². The van der Waals surface area contributed by atoms with Crippen LogP contribution in [0.25, 0.3) is 0 Å². The van der Waals surface area contributed by atoms with Gasteiger partial charge >= 0.3 is 12.0 Å². The lowest BCUT2D eigenvalue weighted by Crippen LogP contribution is -2.65. The summed E-state index contributed by atoms with van der Waals surface area (Å²) in [5.41, 5.74) is 1.83. The molecule has 0 bridgehead atoms. The van der Waals surface area contributed by atoms with Crippen LogP contribution in [0.4, 0.5) is 4.79 Å². The van der Waals surface area contributed by atoms with Crippen molar-refractivity contribution in [1.82, 2.24) is 19.6 Å². The van der Waals surface area contributed by atoms with E-state index in [0.717, 1.165) is 22.7 Å². The number of allylic oxidation sites excluding steroid dienone is 1. The predicted molar refractivity (Wildman–Crippen MR) is 113 cm³/mol. The number of ether oxygens (including phenoxy) is 1. The number of carbonyl (C=O) groups excluding carboxylic acids is 3. The number of likely N-dealkylation sites (N-methyl/N-ethyl adjacent to an activating group) is 1. The summed E-state index contributed by atoms with van der Waals surface area (Å²) in [4.78, 5) is 49.4. The number of guanidine groups is 1. The third kappa shape index (κ3) is 3.75. The molecule has 0 N–H and O–H groups in total. The minimum absolute atomic E-state index is 0.0866. The predicted octanol–water partition coefficient (Wildman–Crippen LogP) is 1.82. The van der Waals surface area contributed by atoms with Gasteiger partial charge < -0.3 is 19.4 Å². The second kappa shape index (κ2) is 8.05. The Kier molecular flexibility index (Phi) is 5.43. The number of benzene rings is 1. The van der Waals surface area contributed by atoms with E-state index in [2.05, 4.69) is 23.7 Å². The molecule has 2 unspecified atom stereocenters. The first kappa shape index (κ1) is 20.9. The standard InChI is InChI=1S/C22H27N5O4/c1-14(2)10-25-15(3)11-26-18-19(23-21(25)26)24(4)22(30)27(20(18)29)12-17(28)31-13-16-8-6-5-7-9-16/h5-9,11,14,18-19H,10,12-13H2,1-4H3. The van der Waals surface area contributed by atoms with Crippen molar-refractivity contribution in [2.45, 2.75) is 39.6 Å². The van der Waals surface area contributed by atoms with Gasteiger partial charge in [-0.05, 0) is 18.4 Å². The van der Waals surface area contributed by atoms with Gasteiger partial charge in [-0.1, -0.05) is 44.2 Å². The van der Waals surface area contributed by atoms with Crippen molar-refractivity contribution >= 4 is 23.9 Å². The molecule has 1 aromatic rings. The summed E-state index contributed by atoms with van der Waals surface area (Å²) in [6.45, 7) is 6.62. The van der Waals surface area contributed by atoms with Crippen LogP contribution < -0.4 is 0 Å². The number of carbonyl (C=O) groups is 3. The molecule has 1 fully saturated rings. The number of imide groups is 1. The monoisotopic (exact) mass is 425 g/mol. The Morgan fingerprint density at radius 2 is 1.87 bits per heavy atom. The number of amides is 3. The number of esters is 1. The van der Waals surface area contributed by atoms with Crippen molar-refractivity contribution in [1.29, 1.82) is 0 Å². The highest BCUT2D eigenvalue weighted by Crippen LogP contribution is 2.34. The van der Waals surface area contributed by atoms with E-state index >= 15 is 0 Å². The number of nitrogens with zero attached hydrogens (tertiary/aromatic N) is 5. The number of hydrogen-bond acceptors (Lipinski definition) is 7. The maximum atomic E-state index is 13.3. The molecule has 0 aromatic heterocycles. The average Bonchev–Trinajstić information content (AvgIpc) is 3.24. The van der Waals surface area contributed by atoms with Gasteiger partial charge in [0, 0.05) is 25.5 Å². The van der Waals surface area contributed by atoms with E-state index in [0.29, 0.717) is 11.9 Å². The molecule has 0 radical (unpaired) electrons. The third-order valence-electron chi connectivity index (χ3n) is 5.58. The topological polar surface area (TPSA) is 85.8 Å². The van der Waals surface area contributed by atoms with Crippen LogP contribution in [0.5, 0.6) is 0 Å². The highest BCUT2D eigenvalue weighted by atomic mass is 16.5. The number of rotatable bonds is 6. The molecule has 1 saturated heterocycles. The average molecular weight is 425 g/mol. The molecule has 3 amide bonds. The van der Waals surface area contributed by atoms with Gasteiger partial charge in [0.05, 0.1) is 0 Å². The zero-order chi connectivity index (χ0) is 22.3. The maximum Gasteiger partial charge on any atom is 0.328 e. The SMILES string of the molecule is CC1=CN2C(=NC3C2C(=O)N(CC(=O)OCc2ccccc2)C(=O)N3C)N1CC(C)C. The Labute approximate surface area is 181 Å². The van der Waals surface area contributed by atoms with Gasteiger partial charge in [0.2, 0.25) is 5.96 Å². The molecule has 3 heterocycles. The lowest BCUT2D eigenvalue weighted by Gasteiger charge is -2.39. The van der Waals surface area contributed by atoms with Crippen molar-refractivity contribution in [3.8, 4) is 0 Å². The minimum Gasteiger partial charge on any atom is -0.459 e. The second-order valence-electron chi connectivity index (χ2n) is 8.43. The van der Waals surface area contributed by atoms with E-state index in [1.165, 1.54) is 4.90 Å². The second-order valence-corrected chi connectivity index (χ2v) is 8.43. The van der Waals surface area contributed by atoms with Crippen molar-refractivity contribution in [3.05, 3.63) is 47.8 Å². The normalized spacial score (nSPS) is 22.6. The van der Waals surface area contributed by atoms with E-state index in [4.69, 9.17) is 4.74 Å². The van der Waals surface area contributed by atoms with Crippen LogP contribution in [0.15, 0.2) is 47.2 Å². The third-order valence-corrected chi connectivity index (χ3v) is 5.58. The summed E-state index contributed by atoms with van der Waals surface area (Å²) in [7, 11) is 1.60. The van der Waals surface area contributed by atoms with Crippen LogP contribution in [0.3, 0.4) is 0 Å². The molecule has 0 spiro atoms. The molecule has 0 aliphatic carbocycles. The Balaban J connectivity index is 1.48. The van der Waals surface area contributed by atoms with Gasteiger partial charge in [0.25, 0.3) is 5.91 Å². The molecule has 1 aromatic carbocycles. The fraction of sp³-hybridized carbons (Fsp3) is 0.455. The first-order chi connectivity index (χ1) is 14.8. The Morgan fingerprint density at radius 3 is 2.55 bits per heavy atom. The van der Waals surface area contributed by atoms with E-state index in [1.807, 2.05) is 48.4 Å². The van der Waals surface area contributed by atoms with E-state index in [-0.39, 0.29) is 6.61 Å². The van der Waals surface area contributed by atoms with Crippen LogP contribution in [0, 0.1) is 5.92 Å². The molecular formula is C22H27N5O4. The molecule has 9 nitrogen and oxygen atoms in total. The van der Waals surface area contributed by atoms with Gasteiger partial charge in [-0.25, -0.2) is 9.79 Å². The van der Waals surface area contributed by atoms with Gasteiger partial charge in [-0.3, -0.25) is 14.5 Å². The number of hydrogen-bond donors (Lipinski definition) is 0. The van der Waals surface area contributed by atoms with Gasteiger partial charge in [-0.15, -0.1) is 0 Å². The highest BCUT2D eigenvalue weighted by molar-refractivity contribution is 6.06. The lowest BCUT2D eigenvalue weighted by molar-refractivity contribution is -0.151. The number of fused-ring (bicyclic) bond motifs is 3. The largest absolute Gasteiger partial charge is 0.459 e. The summed E-state index contributed by atoms with van der Waals surface area (Å²) >= 11 is 0. The Hall–Kier alpha value is -3.36. The van der Waals surface area contributed by atoms with Crippen molar-refractivity contribution in [3.63, 3.8) is 0 Å². The molecule has 0 saturated carbocycles. The molecular weight excluding hydrogens is 398 g/mol. The van der Waals surface area contributed by atoms with Crippen molar-refractivity contribution in [2.75, 3.05) is 20.1 Å². The number of urea groups is 1. The molecule has 4 rings (SSSR count). The molecule has 3 aliphatic rings. The first-order valence-electron chi connectivity index (χ1n) is 10.4. The highest BCUT2D eigenvalue weighted by Gasteiger charge is 2.54. The smallest absolute Gasteiger partial charge is 0.328 e. The van der Waals surface area contributed by atoms with Crippen LogP contribution >= 0.6 is 0 Å². The molecule has 31 heavy (non-hydrogen) atoms. The van der Waals surface area contributed by atoms with Gasteiger partial charge in [-0.2, -0.15) is 0 Å². The fourth-order valence-electron chi connectivity index (χ4n) is 4.05. The van der Waals surface area contributed by atoms with Crippen LogP contribution in [0.2, 0.25) is 0 Å². The minimum atomic E-state index is -0.688. The van der Waals surface area contributed by atoms with Crippen molar-refractivity contribution in [2.24, 2.45) is 10.9 Å². The lowest BCUT2D eigenvalue weighted by atomic mass is 10.1. The summed E-state index contributed by atoms with van der Waals surface area (Å²) in [5.74, 6) is -0.00708.